The second-order valence-corrected chi connectivity index (χ2v) is 5.80. The maximum atomic E-state index is 12.4. The largest absolute Gasteiger partial charge is 0.434 e. The zero-order valence-electron chi connectivity index (χ0n) is 12.7. The molecule has 0 saturated carbocycles. The van der Waals surface area contributed by atoms with Crippen molar-refractivity contribution in [2.24, 2.45) is 5.92 Å². The van der Waals surface area contributed by atoms with E-state index >= 15 is 0 Å². The van der Waals surface area contributed by atoms with Gasteiger partial charge < -0.3 is 15.0 Å². The number of ether oxygens (including phenoxy) is 1. The molecular formula is C16H24F2N2O. The highest BCUT2D eigenvalue weighted by Gasteiger charge is 2.22. The van der Waals surface area contributed by atoms with Crippen LogP contribution < -0.4 is 10.1 Å². The highest BCUT2D eigenvalue weighted by atomic mass is 19.3. The Hall–Kier alpha value is -1.20. The minimum absolute atomic E-state index is 0.260. The summed E-state index contributed by atoms with van der Waals surface area (Å²) in [6.07, 6.45) is 2.36. The maximum Gasteiger partial charge on any atom is 0.387 e. The molecule has 1 heterocycles. The third-order valence-electron chi connectivity index (χ3n) is 4.27. The molecule has 1 aliphatic rings. The molecule has 5 heteroatoms. The minimum atomic E-state index is -2.78. The SMILES string of the molecule is CC(NCc1ccccc1OC(F)F)C1CCN(C)CC1. The van der Waals surface area contributed by atoms with E-state index in [1.165, 1.54) is 12.8 Å². The Bertz CT molecular complexity index is 434. The minimum Gasteiger partial charge on any atom is -0.434 e. The normalized spacial score (nSPS) is 18.9. The lowest BCUT2D eigenvalue weighted by atomic mass is 9.90. The van der Waals surface area contributed by atoms with Crippen LogP contribution in [0, 0.1) is 5.92 Å². The molecular weight excluding hydrogens is 274 g/mol. The number of alkyl halides is 2. The quantitative estimate of drug-likeness (QED) is 0.873. The van der Waals surface area contributed by atoms with Crippen LogP contribution in [0.1, 0.15) is 25.3 Å². The molecule has 1 aliphatic heterocycles. The third-order valence-corrected chi connectivity index (χ3v) is 4.27. The van der Waals surface area contributed by atoms with Crippen molar-refractivity contribution in [3.63, 3.8) is 0 Å². The van der Waals surface area contributed by atoms with E-state index < -0.39 is 6.61 Å². The van der Waals surface area contributed by atoms with Crippen molar-refractivity contribution in [3.05, 3.63) is 29.8 Å². The van der Waals surface area contributed by atoms with Crippen LogP contribution in [0.3, 0.4) is 0 Å². The number of para-hydroxylation sites is 1. The number of benzene rings is 1. The van der Waals surface area contributed by atoms with Crippen LogP contribution in [-0.2, 0) is 6.54 Å². The molecule has 1 fully saturated rings. The zero-order chi connectivity index (χ0) is 15.2. The summed E-state index contributed by atoms with van der Waals surface area (Å²) in [4.78, 5) is 2.34. The number of piperidine rings is 1. The van der Waals surface area contributed by atoms with Crippen molar-refractivity contribution in [2.75, 3.05) is 20.1 Å². The van der Waals surface area contributed by atoms with E-state index in [4.69, 9.17) is 0 Å². The molecule has 0 spiro atoms. The Morgan fingerprint density at radius 3 is 2.62 bits per heavy atom. The Kier molecular flexibility index (Phi) is 5.94. The van der Waals surface area contributed by atoms with Gasteiger partial charge in [0.2, 0.25) is 0 Å². The van der Waals surface area contributed by atoms with Crippen LogP contribution >= 0.6 is 0 Å². The van der Waals surface area contributed by atoms with Crippen LogP contribution in [0.2, 0.25) is 0 Å². The number of halogens is 2. The molecule has 1 N–H and O–H groups in total. The van der Waals surface area contributed by atoms with Gasteiger partial charge in [-0.05, 0) is 51.9 Å². The highest BCUT2D eigenvalue weighted by Crippen LogP contribution is 2.22. The molecule has 0 amide bonds. The maximum absolute atomic E-state index is 12.4. The van der Waals surface area contributed by atoms with Crippen LogP contribution in [-0.4, -0.2) is 37.7 Å². The molecule has 1 saturated heterocycles. The van der Waals surface area contributed by atoms with Gasteiger partial charge in [0.05, 0.1) is 0 Å². The van der Waals surface area contributed by atoms with Crippen molar-refractivity contribution in [3.8, 4) is 5.75 Å². The average molecular weight is 298 g/mol. The van der Waals surface area contributed by atoms with Gasteiger partial charge in [-0.1, -0.05) is 18.2 Å². The molecule has 0 aromatic heterocycles. The number of nitrogens with one attached hydrogen (secondary N) is 1. The van der Waals surface area contributed by atoms with Gasteiger partial charge in [-0.25, -0.2) is 0 Å². The van der Waals surface area contributed by atoms with Crippen molar-refractivity contribution in [1.29, 1.82) is 0 Å². The second kappa shape index (κ2) is 7.71. The molecule has 0 radical (unpaired) electrons. The van der Waals surface area contributed by atoms with Gasteiger partial charge in [0.1, 0.15) is 5.75 Å². The number of likely N-dealkylation sites (tertiary alicyclic amines) is 1. The lowest BCUT2D eigenvalue weighted by Crippen LogP contribution is -2.40. The van der Waals surface area contributed by atoms with Gasteiger partial charge in [-0.15, -0.1) is 0 Å². The first kappa shape index (κ1) is 16.2. The van der Waals surface area contributed by atoms with Crippen LogP contribution in [0.15, 0.2) is 24.3 Å². The number of rotatable bonds is 6. The van der Waals surface area contributed by atoms with Crippen molar-refractivity contribution in [1.82, 2.24) is 10.2 Å². The first-order valence-electron chi connectivity index (χ1n) is 7.51. The summed E-state index contributed by atoms with van der Waals surface area (Å²) in [5.74, 6) is 0.903. The van der Waals surface area contributed by atoms with E-state index in [-0.39, 0.29) is 5.75 Å². The van der Waals surface area contributed by atoms with Crippen molar-refractivity contribution < 1.29 is 13.5 Å². The predicted octanol–water partition coefficient (Wildman–Crippen LogP) is 3.11. The fraction of sp³-hybridized carbons (Fsp3) is 0.625. The van der Waals surface area contributed by atoms with Crippen LogP contribution in [0.4, 0.5) is 8.78 Å². The standard InChI is InChI=1S/C16H24F2N2O/c1-12(13-7-9-20(2)10-8-13)19-11-14-5-3-4-6-15(14)21-16(17)18/h3-6,12-13,16,19H,7-11H2,1-2H3. The Morgan fingerprint density at radius 2 is 1.95 bits per heavy atom. The Balaban J connectivity index is 1.87. The van der Waals surface area contributed by atoms with E-state index in [0.29, 0.717) is 18.5 Å². The van der Waals surface area contributed by atoms with Gasteiger partial charge in [-0.2, -0.15) is 8.78 Å². The zero-order valence-corrected chi connectivity index (χ0v) is 12.7. The second-order valence-electron chi connectivity index (χ2n) is 5.80. The van der Waals surface area contributed by atoms with Gasteiger partial charge in [-0.3, -0.25) is 0 Å². The Labute approximate surface area is 125 Å². The summed E-state index contributed by atoms with van der Waals surface area (Å²) in [7, 11) is 2.15. The molecule has 1 aromatic rings. The smallest absolute Gasteiger partial charge is 0.387 e. The van der Waals surface area contributed by atoms with E-state index in [9.17, 15) is 8.78 Å². The molecule has 118 valence electrons. The summed E-state index contributed by atoms with van der Waals surface area (Å²) >= 11 is 0. The molecule has 1 atom stereocenters. The highest BCUT2D eigenvalue weighted by molar-refractivity contribution is 5.33. The first-order chi connectivity index (χ1) is 10.1. The summed E-state index contributed by atoms with van der Waals surface area (Å²) in [5, 5.41) is 3.45. The van der Waals surface area contributed by atoms with Gasteiger partial charge in [0, 0.05) is 18.2 Å². The number of nitrogens with zero attached hydrogens (tertiary/aromatic N) is 1. The molecule has 0 aliphatic carbocycles. The summed E-state index contributed by atoms with van der Waals surface area (Å²) in [6.45, 7) is 2.20. The lowest BCUT2D eigenvalue weighted by Gasteiger charge is -2.33. The van der Waals surface area contributed by atoms with Crippen LogP contribution in [0.25, 0.3) is 0 Å². The first-order valence-corrected chi connectivity index (χ1v) is 7.51. The Morgan fingerprint density at radius 1 is 1.29 bits per heavy atom. The monoisotopic (exact) mass is 298 g/mol. The summed E-state index contributed by atoms with van der Waals surface area (Å²) in [6, 6.07) is 7.34. The molecule has 3 nitrogen and oxygen atoms in total. The number of hydrogen-bond acceptors (Lipinski definition) is 3. The van der Waals surface area contributed by atoms with Gasteiger partial charge in [0.25, 0.3) is 0 Å². The predicted molar refractivity (Wildman–Crippen MR) is 79.6 cm³/mol. The molecule has 1 aromatic carbocycles. The topological polar surface area (TPSA) is 24.5 Å². The van der Waals surface area contributed by atoms with Crippen LogP contribution in [0.5, 0.6) is 5.75 Å². The summed E-state index contributed by atoms with van der Waals surface area (Å²) in [5.41, 5.74) is 0.776. The molecule has 0 bridgehead atoms. The molecule has 1 unspecified atom stereocenters. The van der Waals surface area contributed by atoms with E-state index in [0.717, 1.165) is 18.7 Å². The molecule has 21 heavy (non-hydrogen) atoms. The average Bonchev–Trinajstić information content (AvgIpc) is 2.46. The number of hydrogen-bond donors (Lipinski definition) is 1. The fourth-order valence-corrected chi connectivity index (χ4v) is 2.83. The van der Waals surface area contributed by atoms with Crippen molar-refractivity contribution >= 4 is 0 Å². The summed E-state index contributed by atoms with van der Waals surface area (Å²) < 4.78 is 29.3. The fourth-order valence-electron chi connectivity index (χ4n) is 2.83. The van der Waals surface area contributed by atoms with E-state index in [1.54, 1.807) is 12.1 Å². The lowest BCUT2D eigenvalue weighted by molar-refractivity contribution is -0.0505. The van der Waals surface area contributed by atoms with E-state index in [1.807, 2.05) is 12.1 Å². The van der Waals surface area contributed by atoms with Crippen molar-refractivity contribution in [2.45, 2.75) is 39.0 Å². The van der Waals surface area contributed by atoms with Gasteiger partial charge in [0.15, 0.2) is 0 Å². The van der Waals surface area contributed by atoms with E-state index in [2.05, 4.69) is 28.9 Å². The molecule has 2 rings (SSSR count). The van der Waals surface area contributed by atoms with Gasteiger partial charge >= 0.3 is 6.61 Å². The third kappa shape index (κ3) is 4.93.